The minimum Gasteiger partial charge on any atom is -0.495 e. The van der Waals surface area contributed by atoms with Crippen LogP contribution in [0.4, 0.5) is 5.69 Å². The van der Waals surface area contributed by atoms with E-state index in [4.69, 9.17) is 4.74 Å². The van der Waals surface area contributed by atoms with Crippen molar-refractivity contribution in [1.82, 2.24) is 14.7 Å². The van der Waals surface area contributed by atoms with Crippen LogP contribution in [-0.4, -0.2) is 47.2 Å². The Bertz CT molecular complexity index is 786. The van der Waals surface area contributed by atoms with E-state index in [1.165, 1.54) is 0 Å². The molecule has 2 aromatic rings. The Kier molecular flexibility index (Phi) is 4.74. The van der Waals surface area contributed by atoms with Gasteiger partial charge in [-0.3, -0.25) is 14.3 Å². The summed E-state index contributed by atoms with van der Waals surface area (Å²) in [4.78, 5) is 28.4. The lowest BCUT2D eigenvalue weighted by atomic mass is 10.1. The molecular weight excluding hydrogens is 320 g/mol. The number of aromatic nitrogens is 2. The van der Waals surface area contributed by atoms with Crippen LogP contribution in [0.15, 0.2) is 36.7 Å². The maximum absolute atomic E-state index is 12.7. The summed E-state index contributed by atoms with van der Waals surface area (Å²) >= 11 is 0. The monoisotopic (exact) mass is 342 g/mol. The molecule has 1 saturated heterocycles. The van der Waals surface area contributed by atoms with Crippen molar-refractivity contribution in [3.05, 3.63) is 42.2 Å². The first kappa shape index (κ1) is 17.0. The van der Waals surface area contributed by atoms with Crippen LogP contribution >= 0.6 is 0 Å². The first-order valence-corrected chi connectivity index (χ1v) is 8.15. The van der Waals surface area contributed by atoms with Crippen molar-refractivity contribution >= 4 is 17.5 Å². The van der Waals surface area contributed by atoms with Crippen LogP contribution in [0.1, 0.15) is 12.0 Å². The molecule has 3 rings (SSSR count). The zero-order valence-electron chi connectivity index (χ0n) is 14.7. The number of hydrogen-bond donors (Lipinski definition) is 0. The Balaban J connectivity index is 1.70. The second kappa shape index (κ2) is 6.96. The zero-order chi connectivity index (χ0) is 18.0. The van der Waals surface area contributed by atoms with E-state index in [0.717, 1.165) is 5.56 Å². The largest absolute Gasteiger partial charge is 0.495 e. The third-order valence-corrected chi connectivity index (χ3v) is 4.40. The number of methoxy groups -OCH3 is 1. The molecule has 1 atom stereocenters. The summed E-state index contributed by atoms with van der Waals surface area (Å²) in [7, 11) is 5.17. The highest BCUT2D eigenvalue weighted by Gasteiger charge is 2.37. The number of ether oxygens (including phenoxy) is 1. The van der Waals surface area contributed by atoms with Gasteiger partial charge in [0, 0.05) is 45.4 Å². The van der Waals surface area contributed by atoms with Gasteiger partial charge in [-0.15, -0.1) is 0 Å². The van der Waals surface area contributed by atoms with Crippen LogP contribution in [0.25, 0.3) is 0 Å². The van der Waals surface area contributed by atoms with Gasteiger partial charge in [-0.2, -0.15) is 5.10 Å². The lowest BCUT2D eigenvalue weighted by Crippen LogP contribution is -2.34. The molecule has 0 bridgehead atoms. The number of anilines is 1. The zero-order valence-corrected chi connectivity index (χ0v) is 14.7. The topological polar surface area (TPSA) is 67.7 Å². The average Bonchev–Trinajstić information content (AvgIpc) is 3.19. The number of rotatable bonds is 5. The summed E-state index contributed by atoms with van der Waals surface area (Å²) in [5.41, 5.74) is 1.67. The summed E-state index contributed by atoms with van der Waals surface area (Å²) in [6.07, 6.45) is 3.84. The second-order valence-electron chi connectivity index (χ2n) is 6.29. The van der Waals surface area contributed by atoms with Gasteiger partial charge < -0.3 is 14.5 Å². The molecule has 132 valence electrons. The van der Waals surface area contributed by atoms with Gasteiger partial charge in [-0.1, -0.05) is 12.1 Å². The number of nitrogens with zero attached hydrogens (tertiary/aromatic N) is 4. The van der Waals surface area contributed by atoms with Crippen LogP contribution in [0.5, 0.6) is 5.75 Å². The summed E-state index contributed by atoms with van der Waals surface area (Å²) < 4.78 is 7.04. The molecule has 0 aliphatic carbocycles. The van der Waals surface area contributed by atoms with Gasteiger partial charge in [0.15, 0.2) is 0 Å². The number of carbonyl (C=O) groups is 2. The van der Waals surface area contributed by atoms with E-state index < -0.39 is 0 Å². The molecule has 1 aliphatic heterocycles. The average molecular weight is 342 g/mol. The maximum Gasteiger partial charge on any atom is 0.228 e. The van der Waals surface area contributed by atoms with Gasteiger partial charge in [-0.25, -0.2) is 0 Å². The van der Waals surface area contributed by atoms with E-state index in [2.05, 4.69) is 5.10 Å². The van der Waals surface area contributed by atoms with Crippen molar-refractivity contribution in [2.45, 2.75) is 13.0 Å². The first-order chi connectivity index (χ1) is 12.0. The molecule has 7 nitrogen and oxygen atoms in total. The maximum atomic E-state index is 12.7. The normalized spacial score (nSPS) is 17.0. The molecule has 2 amide bonds. The van der Waals surface area contributed by atoms with E-state index in [-0.39, 0.29) is 24.2 Å². The van der Waals surface area contributed by atoms with E-state index in [0.29, 0.717) is 24.5 Å². The highest BCUT2D eigenvalue weighted by molar-refractivity contribution is 6.01. The second-order valence-corrected chi connectivity index (χ2v) is 6.29. The number of hydrogen-bond acceptors (Lipinski definition) is 4. The predicted molar refractivity (Wildman–Crippen MR) is 93.1 cm³/mol. The molecule has 0 spiro atoms. The van der Waals surface area contributed by atoms with E-state index in [1.807, 2.05) is 37.5 Å². The summed E-state index contributed by atoms with van der Waals surface area (Å²) in [6.45, 7) is 0.849. The highest BCUT2D eigenvalue weighted by atomic mass is 16.5. The summed E-state index contributed by atoms with van der Waals surface area (Å²) in [5.74, 6) is 0.193. The minimum atomic E-state index is -0.348. The van der Waals surface area contributed by atoms with Gasteiger partial charge in [0.2, 0.25) is 11.8 Å². The molecule has 0 radical (unpaired) electrons. The molecular formula is C18H22N4O3. The molecule has 2 heterocycles. The van der Waals surface area contributed by atoms with Crippen molar-refractivity contribution in [3.8, 4) is 5.75 Å². The third kappa shape index (κ3) is 3.50. The summed E-state index contributed by atoms with van der Waals surface area (Å²) in [6, 6.07) is 7.36. The molecule has 1 fully saturated rings. The number of para-hydroxylation sites is 2. The summed E-state index contributed by atoms with van der Waals surface area (Å²) in [5, 5.41) is 4.11. The predicted octanol–water partition coefficient (Wildman–Crippen LogP) is 1.44. The molecule has 1 aliphatic rings. The Hall–Kier alpha value is -2.83. The van der Waals surface area contributed by atoms with E-state index in [9.17, 15) is 9.59 Å². The SMILES string of the molecule is COc1ccccc1N1C[C@H](C(=O)N(C)Cc2cnn(C)c2)CC1=O. The number of benzene rings is 1. The van der Waals surface area contributed by atoms with Crippen LogP contribution in [-0.2, 0) is 23.2 Å². The molecule has 25 heavy (non-hydrogen) atoms. The number of carbonyl (C=O) groups excluding carboxylic acids is 2. The van der Waals surface area contributed by atoms with Gasteiger partial charge in [0.1, 0.15) is 5.75 Å². The van der Waals surface area contributed by atoms with Crippen LogP contribution < -0.4 is 9.64 Å². The van der Waals surface area contributed by atoms with Crippen molar-refractivity contribution in [2.75, 3.05) is 25.6 Å². The van der Waals surface area contributed by atoms with Crippen molar-refractivity contribution in [2.24, 2.45) is 13.0 Å². The quantitative estimate of drug-likeness (QED) is 0.825. The van der Waals surface area contributed by atoms with Gasteiger partial charge in [-0.05, 0) is 12.1 Å². The molecule has 1 aromatic carbocycles. The molecule has 7 heteroatoms. The number of amides is 2. The Morgan fingerprint density at radius 2 is 2.16 bits per heavy atom. The molecule has 0 N–H and O–H groups in total. The fraction of sp³-hybridized carbons (Fsp3) is 0.389. The lowest BCUT2D eigenvalue weighted by molar-refractivity contribution is -0.135. The molecule has 1 aromatic heterocycles. The van der Waals surface area contributed by atoms with Crippen LogP contribution in [0.3, 0.4) is 0 Å². The standard InChI is InChI=1S/C18H22N4O3/c1-20(10-13-9-19-21(2)11-13)18(24)14-8-17(23)22(12-14)15-6-4-5-7-16(15)25-3/h4-7,9,11,14H,8,10,12H2,1-3H3/t14-/m1/s1. The number of aryl methyl sites for hydroxylation is 1. The Labute approximate surface area is 146 Å². The first-order valence-electron chi connectivity index (χ1n) is 8.15. The van der Waals surface area contributed by atoms with Crippen LogP contribution in [0, 0.1) is 5.92 Å². The lowest BCUT2D eigenvalue weighted by Gasteiger charge is -2.22. The van der Waals surface area contributed by atoms with E-state index in [1.54, 1.807) is 34.8 Å². The van der Waals surface area contributed by atoms with Crippen molar-refractivity contribution < 1.29 is 14.3 Å². The van der Waals surface area contributed by atoms with Crippen LogP contribution in [0.2, 0.25) is 0 Å². The third-order valence-electron chi connectivity index (χ3n) is 4.40. The smallest absolute Gasteiger partial charge is 0.228 e. The molecule has 0 saturated carbocycles. The van der Waals surface area contributed by atoms with Crippen molar-refractivity contribution in [3.63, 3.8) is 0 Å². The van der Waals surface area contributed by atoms with Gasteiger partial charge in [0.05, 0.1) is 24.9 Å². The minimum absolute atomic E-state index is 0.0328. The Morgan fingerprint density at radius 3 is 2.84 bits per heavy atom. The fourth-order valence-electron chi connectivity index (χ4n) is 3.18. The fourth-order valence-corrected chi connectivity index (χ4v) is 3.18. The van der Waals surface area contributed by atoms with E-state index >= 15 is 0 Å². The van der Waals surface area contributed by atoms with Gasteiger partial charge >= 0.3 is 0 Å². The van der Waals surface area contributed by atoms with Crippen molar-refractivity contribution in [1.29, 1.82) is 0 Å². The Morgan fingerprint density at radius 1 is 1.40 bits per heavy atom. The highest BCUT2D eigenvalue weighted by Crippen LogP contribution is 2.33. The van der Waals surface area contributed by atoms with Gasteiger partial charge in [0.25, 0.3) is 0 Å². The molecule has 0 unspecified atom stereocenters.